The fraction of sp³-hybridized carbons (Fsp3) is 0.333. The molecular formula is C18H21ClOS. The van der Waals surface area contributed by atoms with Crippen LogP contribution in [0.25, 0.3) is 0 Å². The molecule has 0 fully saturated rings. The molecule has 0 bridgehead atoms. The van der Waals surface area contributed by atoms with Crippen molar-refractivity contribution < 1.29 is 4.21 Å². The maximum absolute atomic E-state index is 12.2. The summed E-state index contributed by atoms with van der Waals surface area (Å²) in [5.74, 6) is 1.16. The van der Waals surface area contributed by atoms with Crippen LogP contribution in [0.2, 0.25) is 5.02 Å². The van der Waals surface area contributed by atoms with Crippen molar-refractivity contribution in [3.8, 4) is 0 Å². The van der Waals surface area contributed by atoms with Gasteiger partial charge in [-0.2, -0.15) is 0 Å². The Morgan fingerprint density at radius 2 is 1.29 bits per heavy atom. The minimum atomic E-state index is -0.899. The first-order valence-corrected chi connectivity index (χ1v) is 8.90. The van der Waals surface area contributed by atoms with E-state index in [1.54, 1.807) is 0 Å². The number of halogens is 1. The lowest BCUT2D eigenvalue weighted by molar-refractivity contribution is 0.590. The van der Waals surface area contributed by atoms with E-state index in [4.69, 9.17) is 11.6 Å². The molecule has 1 atom stereocenters. The normalized spacial score (nSPS) is 13.1. The predicted octanol–water partition coefficient (Wildman–Crippen LogP) is 5.09. The van der Waals surface area contributed by atoms with E-state index < -0.39 is 10.8 Å². The minimum absolute atomic E-state index is 0.154. The van der Waals surface area contributed by atoms with Crippen LogP contribution >= 0.6 is 11.6 Å². The fourth-order valence-corrected chi connectivity index (χ4v) is 3.46. The fourth-order valence-electron chi connectivity index (χ4n) is 2.10. The summed E-state index contributed by atoms with van der Waals surface area (Å²) < 4.78 is 12.2. The Kier molecular flexibility index (Phi) is 5.23. The van der Waals surface area contributed by atoms with Crippen molar-refractivity contribution in [1.82, 2.24) is 0 Å². The quantitative estimate of drug-likeness (QED) is 0.767. The van der Waals surface area contributed by atoms with Crippen LogP contribution in [0.5, 0.6) is 0 Å². The average Bonchev–Trinajstić information content (AvgIpc) is 2.41. The molecule has 112 valence electrons. The molecule has 3 heteroatoms. The molecule has 0 amide bonds. The van der Waals surface area contributed by atoms with E-state index in [0.717, 1.165) is 11.1 Å². The summed E-state index contributed by atoms with van der Waals surface area (Å²) in [6.45, 7) is 6.59. The molecule has 21 heavy (non-hydrogen) atoms. The third-order valence-corrected chi connectivity index (χ3v) is 4.95. The van der Waals surface area contributed by atoms with Crippen LogP contribution in [0.4, 0.5) is 0 Å². The second kappa shape index (κ2) is 6.76. The molecule has 0 aliphatic heterocycles. The molecule has 0 saturated carbocycles. The Hall–Kier alpha value is -1.12. The molecule has 0 spiro atoms. The van der Waals surface area contributed by atoms with Gasteiger partial charge in [0.2, 0.25) is 0 Å². The van der Waals surface area contributed by atoms with Crippen LogP contribution in [0, 0.1) is 0 Å². The van der Waals surface area contributed by atoms with E-state index in [-0.39, 0.29) is 5.41 Å². The van der Waals surface area contributed by atoms with E-state index in [2.05, 4.69) is 45.0 Å². The van der Waals surface area contributed by atoms with Gasteiger partial charge in [-0.1, -0.05) is 68.8 Å². The number of hydrogen-bond acceptors (Lipinski definition) is 1. The highest BCUT2D eigenvalue weighted by Crippen LogP contribution is 2.22. The Labute approximate surface area is 134 Å². The van der Waals surface area contributed by atoms with Gasteiger partial charge in [-0.05, 0) is 34.2 Å². The SMILES string of the molecule is CC(C)(C)c1ccc(C[S@](=O)Cc2ccc(Cl)cc2)cc1. The maximum atomic E-state index is 12.2. The number of benzene rings is 2. The van der Waals surface area contributed by atoms with Crippen molar-refractivity contribution in [3.63, 3.8) is 0 Å². The summed E-state index contributed by atoms with van der Waals surface area (Å²) >= 11 is 5.85. The monoisotopic (exact) mass is 320 g/mol. The zero-order valence-electron chi connectivity index (χ0n) is 12.7. The van der Waals surface area contributed by atoms with Crippen molar-refractivity contribution in [1.29, 1.82) is 0 Å². The van der Waals surface area contributed by atoms with Crippen LogP contribution in [-0.4, -0.2) is 4.21 Å². The zero-order valence-corrected chi connectivity index (χ0v) is 14.3. The van der Waals surface area contributed by atoms with Gasteiger partial charge in [-0.25, -0.2) is 0 Å². The molecule has 0 aliphatic carbocycles. The van der Waals surface area contributed by atoms with E-state index in [9.17, 15) is 4.21 Å². The Morgan fingerprint density at radius 1 is 0.857 bits per heavy atom. The molecule has 0 radical (unpaired) electrons. The molecule has 0 aromatic heterocycles. The van der Waals surface area contributed by atoms with Gasteiger partial charge in [0.05, 0.1) is 0 Å². The zero-order chi connectivity index (χ0) is 15.5. The molecule has 0 N–H and O–H groups in total. The summed E-state index contributed by atoms with van der Waals surface area (Å²) in [6, 6.07) is 16.0. The summed E-state index contributed by atoms with van der Waals surface area (Å²) in [4.78, 5) is 0. The summed E-state index contributed by atoms with van der Waals surface area (Å²) in [5.41, 5.74) is 3.63. The first-order chi connectivity index (χ1) is 9.84. The van der Waals surface area contributed by atoms with E-state index in [1.807, 2.05) is 24.3 Å². The van der Waals surface area contributed by atoms with Crippen molar-refractivity contribution in [2.45, 2.75) is 37.7 Å². The van der Waals surface area contributed by atoms with Crippen molar-refractivity contribution >= 4 is 22.4 Å². The van der Waals surface area contributed by atoms with Crippen LogP contribution < -0.4 is 0 Å². The van der Waals surface area contributed by atoms with Crippen LogP contribution in [0.3, 0.4) is 0 Å². The summed E-state index contributed by atoms with van der Waals surface area (Å²) in [7, 11) is -0.899. The molecule has 2 aromatic carbocycles. The third-order valence-electron chi connectivity index (χ3n) is 3.39. The highest BCUT2D eigenvalue weighted by atomic mass is 35.5. The molecule has 0 aliphatic rings. The third kappa shape index (κ3) is 4.98. The largest absolute Gasteiger partial charge is 0.259 e. The van der Waals surface area contributed by atoms with Crippen LogP contribution in [0.1, 0.15) is 37.5 Å². The minimum Gasteiger partial charge on any atom is -0.259 e. The second-order valence-corrected chi connectivity index (χ2v) is 8.20. The van der Waals surface area contributed by atoms with Gasteiger partial charge < -0.3 is 0 Å². The van der Waals surface area contributed by atoms with Crippen molar-refractivity contribution in [3.05, 3.63) is 70.2 Å². The van der Waals surface area contributed by atoms with E-state index in [1.165, 1.54) is 5.56 Å². The average molecular weight is 321 g/mol. The molecular weight excluding hydrogens is 300 g/mol. The van der Waals surface area contributed by atoms with Gasteiger partial charge >= 0.3 is 0 Å². The Bertz CT molecular complexity index is 609. The Balaban J connectivity index is 1.98. The molecule has 2 rings (SSSR count). The first kappa shape index (κ1) is 16.3. The van der Waals surface area contributed by atoms with Gasteiger partial charge in [-0.15, -0.1) is 0 Å². The maximum Gasteiger partial charge on any atom is 0.0489 e. The van der Waals surface area contributed by atoms with Crippen LogP contribution in [-0.2, 0) is 27.7 Å². The molecule has 0 heterocycles. The van der Waals surface area contributed by atoms with E-state index >= 15 is 0 Å². The standard InChI is InChI=1S/C18H21ClOS/c1-18(2,3)16-8-4-14(5-9-16)12-21(20)13-15-6-10-17(19)11-7-15/h4-11H,12-13H2,1-3H3/t21-/m0/s1. The number of rotatable bonds is 4. The lowest BCUT2D eigenvalue weighted by atomic mass is 9.87. The second-order valence-electron chi connectivity index (χ2n) is 6.30. The van der Waals surface area contributed by atoms with Gasteiger partial charge in [0.1, 0.15) is 0 Å². The molecule has 0 unspecified atom stereocenters. The topological polar surface area (TPSA) is 17.1 Å². The van der Waals surface area contributed by atoms with Gasteiger partial charge in [-0.3, -0.25) is 4.21 Å². The van der Waals surface area contributed by atoms with Crippen molar-refractivity contribution in [2.75, 3.05) is 0 Å². The molecule has 2 aromatic rings. The highest BCUT2D eigenvalue weighted by molar-refractivity contribution is 7.83. The summed E-state index contributed by atoms with van der Waals surface area (Å²) in [6.07, 6.45) is 0. The molecule has 0 saturated heterocycles. The smallest absolute Gasteiger partial charge is 0.0489 e. The molecule has 1 nitrogen and oxygen atoms in total. The highest BCUT2D eigenvalue weighted by Gasteiger charge is 2.13. The van der Waals surface area contributed by atoms with Gasteiger partial charge in [0, 0.05) is 27.3 Å². The lowest BCUT2D eigenvalue weighted by Crippen LogP contribution is -2.10. The Morgan fingerprint density at radius 3 is 1.71 bits per heavy atom. The van der Waals surface area contributed by atoms with E-state index in [0.29, 0.717) is 16.5 Å². The van der Waals surface area contributed by atoms with Gasteiger partial charge in [0.25, 0.3) is 0 Å². The first-order valence-electron chi connectivity index (χ1n) is 7.03. The van der Waals surface area contributed by atoms with Crippen LogP contribution in [0.15, 0.2) is 48.5 Å². The van der Waals surface area contributed by atoms with Crippen molar-refractivity contribution in [2.24, 2.45) is 0 Å². The lowest BCUT2D eigenvalue weighted by Gasteiger charge is -2.19. The number of hydrogen-bond donors (Lipinski definition) is 0. The van der Waals surface area contributed by atoms with Gasteiger partial charge in [0.15, 0.2) is 0 Å². The predicted molar refractivity (Wildman–Crippen MR) is 92.1 cm³/mol. The summed E-state index contributed by atoms with van der Waals surface area (Å²) in [5, 5.41) is 0.710.